The monoisotopic (exact) mass is 412 g/mol. The summed E-state index contributed by atoms with van der Waals surface area (Å²) in [5.74, 6) is 1.79. The normalized spacial score (nSPS) is 15.6. The number of hydrogen-bond donors (Lipinski definition) is 0. The Morgan fingerprint density at radius 1 is 0.833 bits per heavy atom. The molecule has 1 atom stereocenters. The molecule has 0 unspecified atom stereocenters. The zero-order valence-corrected chi connectivity index (χ0v) is 17.6. The molecule has 1 aliphatic heterocycles. The Morgan fingerprint density at radius 3 is 2.13 bits per heavy atom. The average molecular weight is 413 g/mol. The van der Waals surface area contributed by atoms with E-state index in [0.29, 0.717) is 0 Å². The van der Waals surface area contributed by atoms with E-state index in [1.807, 2.05) is 53.2 Å². The van der Waals surface area contributed by atoms with Gasteiger partial charge in [0.2, 0.25) is 0 Å². The molecule has 0 saturated carbocycles. The lowest BCUT2D eigenvalue weighted by molar-refractivity contribution is 0.420. The van der Waals surface area contributed by atoms with E-state index < -0.39 is 0 Å². The maximum absolute atomic E-state index is 6.17. The fraction of sp³-hybridized carbons (Fsp3) is 0.120. The Bertz CT molecular complexity index is 1210. The van der Waals surface area contributed by atoms with Gasteiger partial charge < -0.3 is 4.90 Å². The zero-order chi connectivity index (χ0) is 20.7. The van der Waals surface area contributed by atoms with E-state index in [9.17, 15) is 0 Å². The molecule has 0 N–H and O–H groups in total. The molecular weight excluding hydrogens is 392 g/mol. The molecule has 5 rings (SSSR count). The van der Waals surface area contributed by atoms with Crippen LogP contribution >= 0.6 is 11.6 Å². The zero-order valence-electron chi connectivity index (χ0n) is 16.8. The summed E-state index contributed by atoms with van der Waals surface area (Å²) in [4.78, 5) is 7.33. The van der Waals surface area contributed by atoms with Gasteiger partial charge in [0.15, 0.2) is 5.82 Å². The number of rotatable bonds is 3. The van der Waals surface area contributed by atoms with Crippen LogP contribution in [0.5, 0.6) is 0 Å². The topological polar surface area (TPSA) is 33.4 Å². The summed E-state index contributed by atoms with van der Waals surface area (Å²) in [6, 6.07) is 28.5. The van der Waals surface area contributed by atoms with Crippen molar-refractivity contribution in [2.45, 2.75) is 13.0 Å². The lowest BCUT2D eigenvalue weighted by Crippen LogP contribution is -2.35. The van der Waals surface area contributed by atoms with Gasteiger partial charge in [-0.25, -0.2) is 9.67 Å². The Balaban J connectivity index is 1.77. The number of aryl methyl sites for hydroxylation is 1. The van der Waals surface area contributed by atoms with Gasteiger partial charge in [-0.15, -0.1) is 0 Å². The van der Waals surface area contributed by atoms with Crippen molar-refractivity contribution in [3.63, 3.8) is 0 Å². The third-order valence-electron chi connectivity index (χ3n) is 5.51. The van der Waals surface area contributed by atoms with Gasteiger partial charge in [-0.05, 0) is 36.8 Å². The summed E-state index contributed by atoms with van der Waals surface area (Å²) in [6.45, 7) is 2.05. The van der Waals surface area contributed by atoms with Crippen LogP contribution in [0.2, 0.25) is 5.02 Å². The van der Waals surface area contributed by atoms with E-state index in [0.717, 1.165) is 44.7 Å². The second-order valence-corrected chi connectivity index (χ2v) is 7.87. The minimum absolute atomic E-state index is 0.0116. The Labute approximate surface area is 181 Å². The molecule has 30 heavy (non-hydrogen) atoms. The highest BCUT2D eigenvalue weighted by Crippen LogP contribution is 2.42. The van der Waals surface area contributed by atoms with Crippen molar-refractivity contribution in [2.75, 3.05) is 7.05 Å². The molecule has 4 aromatic rings. The molecule has 1 aliphatic rings. The smallest absolute Gasteiger partial charge is 0.163 e. The van der Waals surface area contributed by atoms with Crippen molar-refractivity contribution in [3.05, 3.63) is 112 Å². The van der Waals surface area contributed by atoms with Crippen LogP contribution < -0.4 is 0 Å². The van der Waals surface area contributed by atoms with Crippen molar-refractivity contribution in [2.24, 2.45) is 4.99 Å². The van der Waals surface area contributed by atoms with E-state index in [1.54, 1.807) is 0 Å². The first-order chi connectivity index (χ1) is 14.6. The summed E-state index contributed by atoms with van der Waals surface area (Å²) in [5, 5.41) is 5.60. The van der Waals surface area contributed by atoms with Gasteiger partial charge in [0, 0.05) is 23.2 Å². The van der Waals surface area contributed by atoms with Gasteiger partial charge in [0.05, 0.1) is 17.4 Å². The largest absolute Gasteiger partial charge is 0.348 e. The Morgan fingerprint density at radius 2 is 1.47 bits per heavy atom. The Kier molecular flexibility index (Phi) is 4.64. The maximum Gasteiger partial charge on any atom is 0.163 e. The van der Waals surface area contributed by atoms with Crippen molar-refractivity contribution in [3.8, 4) is 5.69 Å². The summed E-state index contributed by atoms with van der Waals surface area (Å²) in [5.41, 5.74) is 5.31. The number of aromatic nitrogens is 2. The summed E-state index contributed by atoms with van der Waals surface area (Å²) >= 11 is 6.17. The molecule has 0 radical (unpaired) electrons. The van der Waals surface area contributed by atoms with Crippen LogP contribution in [0.3, 0.4) is 0 Å². The quantitative estimate of drug-likeness (QED) is 0.416. The third-order valence-corrected chi connectivity index (χ3v) is 5.76. The number of nitrogens with zero attached hydrogens (tertiary/aromatic N) is 4. The molecule has 3 aromatic carbocycles. The van der Waals surface area contributed by atoms with Crippen molar-refractivity contribution >= 4 is 23.3 Å². The predicted octanol–water partition coefficient (Wildman–Crippen LogP) is 5.95. The van der Waals surface area contributed by atoms with Crippen LogP contribution in [0.4, 0.5) is 5.82 Å². The van der Waals surface area contributed by atoms with Gasteiger partial charge in [0.25, 0.3) is 0 Å². The van der Waals surface area contributed by atoms with Crippen LogP contribution in [0, 0.1) is 6.92 Å². The molecule has 0 fully saturated rings. The first-order valence-corrected chi connectivity index (χ1v) is 10.3. The minimum atomic E-state index is -0.0116. The highest BCUT2D eigenvalue weighted by Gasteiger charge is 2.34. The van der Waals surface area contributed by atoms with Gasteiger partial charge >= 0.3 is 0 Å². The van der Waals surface area contributed by atoms with Gasteiger partial charge in [-0.3, -0.25) is 0 Å². The lowest BCUT2D eigenvalue weighted by Gasteiger charge is -2.35. The molecular formula is C25H21ClN4. The molecule has 5 heteroatoms. The molecule has 0 spiro atoms. The SMILES string of the molecule is Cc1nn(-c2ccccc2)c2c1[C@@H](c1ccc(Cl)cc1)N(C)C(c1ccccc1)=N2. The number of amidine groups is 1. The van der Waals surface area contributed by atoms with E-state index in [1.165, 1.54) is 0 Å². The highest BCUT2D eigenvalue weighted by atomic mass is 35.5. The fourth-order valence-corrected chi connectivity index (χ4v) is 4.22. The molecule has 2 heterocycles. The molecule has 1 aromatic heterocycles. The first kappa shape index (κ1) is 18.6. The third kappa shape index (κ3) is 3.10. The fourth-order valence-electron chi connectivity index (χ4n) is 4.09. The Hall–Kier alpha value is -3.37. The molecule has 0 amide bonds. The molecule has 0 saturated heterocycles. The number of para-hydroxylation sites is 1. The molecule has 148 valence electrons. The van der Waals surface area contributed by atoms with Crippen LogP contribution in [-0.4, -0.2) is 27.6 Å². The molecule has 0 bridgehead atoms. The van der Waals surface area contributed by atoms with Crippen LogP contribution in [0.1, 0.15) is 28.4 Å². The van der Waals surface area contributed by atoms with Crippen LogP contribution in [0.15, 0.2) is 89.9 Å². The van der Waals surface area contributed by atoms with E-state index in [-0.39, 0.29) is 6.04 Å². The second kappa shape index (κ2) is 7.47. The van der Waals surface area contributed by atoms with Crippen LogP contribution in [0.25, 0.3) is 5.69 Å². The number of fused-ring (bicyclic) bond motifs is 1. The summed E-state index contributed by atoms with van der Waals surface area (Å²) in [7, 11) is 2.09. The van der Waals surface area contributed by atoms with Crippen molar-refractivity contribution < 1.29 is 0 Å². The second-order valence-electron chi connectivity index (χ2n) is 7.44. The average Bonchev–Trinajstić information content (AvgIpc) is 3.11. The van der Waals surface area contributed by atoms with Crippen molar-refractivity contribution in [1.29, 1.82) is 0 Å². The van der Waals surface area contributed by atoms with Gasteiger partial charge in [-0.1, -0.05) is 72.3 Å². The standard InChI is InChI=1S/C25H21ClN4/c1-17-22-23(18-13-15-20(26)16-14-18)29(2)24(19-9-5-3-6-10-19)27-25(22)30(28-17)21-11-7-4-8-12-21/h3-16,23H,1-2H3/t23-/m1/s1. The highest BCUT2D eigenvalue weighted by molar-refractivity contribution is 6.30. The number of halogens is 1. The summed E-state index contributed by atoms with van der Waals surface area (Å²) in [6.07, 6.45) is 0. The number of aliphatic imine (C=N–C) groups is 1. The maximum atomic E-state index is 6.17. The van der Waals surface area contributed by atoms with E-state index in [2.05, 4.69) is 55.3 Å². The number of benzene rings is 3. The summed E-state index contributed by atoms with van der Waals surface area (Å²) < 4.78 is 1.95. The lowest BCUT2D eigenvalue weighted by atomic mass is 9.94. The van der Waals surface area contributed by atoms with Gasteiger partial charge in [-0.2, -0.15) is 5.10 Å². The van der Waals surface area contributed by atoms with Gasteiger partial charge in [0.1, 0.15) is 5.84 Å². The van der Waals surface area contributed by atoms with Crippen LogP contribution in [-0.2, 0) is 0 Å². The van der Waals surface area contributed by atoms with E-state index >= 15 is 0 Å². The molecule has 0 aliphatic carbocycles. The predicted molar refractivity (Wildman–Crippen MR) is 122 cm³/mol. The first-order valence-electron chi connectivity index (χ1n) is 9.91. The van der Waals surface area contributed by atoms with Crippen molar-refractivity contribution in [1.82, 2.24) is 14.7 Å². The van der Waals surface area contributed by atoms with E-state index in [4.69, 9.17) is 21.7 Å². The number of hydrogen-bond acceptors (Lipinski definition) is 3. The minimum Gasteiger partial charge on any atom is -0.348 e. The molecule has 4 nitrogen and oxygen atoms in total.